The number of aromatic nitrogens is 4. The Kier molecular flexibility index (Phi) is 2.56. The van der Waals surface area contributed by atoms with Gasteiger partial charge in [0.15, 0.2) is 0 Å². The van der Waals surface area contributed by atoms with Gasteiger partial charge in [0.2, 0.25) is 0 Å². The lowest BCUT2D eigenvalue weighted by atomic mass is 10.2. The molecule has 3 aromatic rings. The highest BCUT2D eigenvalue weighted by molar-refractivity contribution is 5.76. The fourth-order valence-electron chi connectivity index (χ4n) is 2.08. The van der Waals surface area contributed by atoms with Gasteiger partial charge in [-0.15, -0.1) is 0 Å². The van der Waals surface area contributed by atoms with Crippen molar-refractivity contribution in [1.82, 2.24) is 19.5 Å². The van der Waals surface area contributed by atoms with E-state index < -0.39 is 11.1 Å². The van der Waals surface area contributed by atoms with Crippen molar-refractivity contribution in [2.75, 3.05) is 0 Å². The summed E-state index contributed by atoms with van der Waals surface area (Å²) < 4.78 is 1.95. The van der Waals surface area contributed by atoms with Crippen LogP contribution in [0.1, 0.15) is 12.7 Å². The predicted molar refractivity (Wildman–Crippen MR) is 71.7 cm³/mol. The lowest BCUT2D eigenvalue weighted by Crippen LogP contribution is -2.28. The van der Waals surface area contributed by atoms with E-state index >= 15 is 0 Å². The highest BCUT2D eigenvalue weighted by Crippen LogP contribution is 2.15. The number of hydrogen-bond acceptors (Lipinski definition) is 3. The first-order chi connectivity index (χ1) is 9.19. The van der Waals surface area contributed by atoms with E-state index in [0.717, 1.165) is 17.9 Å². The molecule has 1 aromatic carbocycles. The van der Waals surface area contributed by atoms with Crippen LogP contribution in [0.15, 0.2) is 40.2 Å². The van der Waals surface area contributed by atoms with E-state index in [0.29, 0.717) is 11.0 Å². The fraction of sp³-hybridized carbons (Fsp3) is 0.154. The number of H-pyrrole nitrogens is 2. The van der Waals surface area contributed by atoms with Gasteiger partial charge in [0.05, 0.1) is 11.0 Å². The molecule has 6 nitrogen and oxygen atoms in total. The Morgan fingerprint density at radius 3 is 2.63 bits per heavy atom. The first kappa shape index (κ1) is 11.5. The van der Waals surface area contributed by atoms with Crippen molar-refractivity contribution >= 4 is 11.0 Å². The van der Waals surface area contributed by atoms with Gasteiger partial charge in [-0.3, -0.25) is 9.59 Å². The van der Waals surface area contributed by atoms with Gasteiger partial charge in [-0.1, -0.05) is 6.92 Å². The van der Waals surface area contributed by atoms with Crippen LogP contribution in [0.3, 0.4) is 0 Å². The van der Waals surface area contributed by atoms with Gasteiger partial charge in [-0.25, -0.2) is 4.98 Å². The SMILES string of the molecule is CCc1nccn1-c1ccc2[nH]c(=O)c(=O)[nH]c2c1. The summed E-state index contributed by atoms with van der Waals surface area (Å²) in [6.07, 6.45) is 4.41. The summed E-state index contributed by atoms with van der Waals surface area (Å²) in [4.78, 5) is 31.9. The predicted octanol–water partition coefficient (Wildman–Crippen LogP) is 0.964. The normalized spacial score (nSPS) is 11.0. The van der Waals surface area contributed by atoms with Crippen LogP contribution in [0.5, 0.6) is 0 Å². The minimum atomic E-state index is -0.647. The third-order valence-electron chi connectivity index (χ3n) is 3.02. The molecule has 0 spiro atoms. The molecule has 0 aliphatic rings. The zero-order valence-electron chi connectivity index (χ0n) is 10.3. The molecule has 0 saturated heterocycles. The lowest BCUT2D eigenvalue weighted by molar-refractivity contribution is 0.891. The van der Waals surface area contributed by atoms with Crippen LogP contribution in [0.25, 0.3) is 16.7 Å². The maximum Gasteiger partial charge on any atom is 0.314 e. The Labute approximate surface area is 107 Å². The standard InChI is InChI=1S/C13H12N4O2/c1-2-11-14-5-6-17(11)8-3-4-9-10(7-8)16-13(19)12(18)15-9/h3-7H,2H2,1H3,(H,15,18)(H,16,19). The van der Waals surface area contributed by atoms with Crippen LogP contribution < -0.4 is 11.1 Å². The molecule has 2 heterocycles. The van der Waals surface area contributed by atoms with Crippen molar-refractivity contribution in [2.45, 2.75) is 13.3 Å². The Morgan fingerprint density at radius 2 is 1.89 bits per heavy atom. The Balaban J connectivity index is 2.24. The summed E-state index contributed by atoms with van der Waals surface area (Å²) in [5.41, 5.74) is 0.803. The second-order valence-electron chi connectivity index (χ2n) is 4.21. The molecule has 2 N–H and O–H groups in total. The van der Waals surface area contributed by atoms with Gasteiger partial charge >= 0.3 is 11.1 Å². The van der Waals surface area contributed by atoms with Crippen molar-refractivity contribution in [3.05, 3.63) is 57.1 Å². The minimum absolute atomic E-state index is 0.595. The maximum absolute atomic E-state index is 11.3. The molecule has 0 aliphatic heterocycles. The van der Waals surface area contributed by atoms with E-state index in [1.807, 2.05) is 29.8 Å². The molecule has 0 amide bonds. The lowest BCUT2D eigenvalue weighted by Gasteiger charge is -2.07. The Morgan fingerprint density at radius 1 is 1.16 bits per heavy atom. The largest absolute Gasteiger partial charge is 0.316 e. The molecule has 2 aromatic heterocycles. The highest BCUT2D eigenvalue weighted by atomic mass is 16.2. The van der Waals surface area contributed by atoms with Crippen LogP contribution in [0.4, 0.5) is 0 Å². The monoisotopic (exact) mass is 256 g/mol. The van der Waals surface area contributed by atoms with Gasteiger partial charge in [-0.05, 0) is 18.2 Å². The van der Waals surface area contributed by atoms with E-state index in [4.69, 9.17) is 0 Å². The molecule has 6 heteroatoms. The zero-order chi connectivity index (χ0) is 13.4. The average molecular weight is 256 g/mol. The molecule has 0 fully saturated rings. The fourth-order valence-corrected chi connectivity index (χ4v) is 2.08. The average Bonchev–Trinajstić information content (AvgIpc) is 2.88. The van der Waals surface area contributed by atoms with E-state index in [9.17, 15) is 9.59 Å². The molecule has 0 atom stereocenters. The zero-order valence-corrected chi connectivity index (χ0v) is 10.3. The minimum Gasteiger partial charge on any atom is -0.316 e. The number of imidazole rings is 1. The number of fused-ring (bicyclic) bond motifs is 1. The Bertz CT molecular complexity index is 857. The van der Waals surface area contributed by atoms with Crippen LogP contribution in [0.2, 0.25) is 0 Å². The number of benzene rings is 1. The Hall–Kier alpha value is -2.63. The van der Waals surface area contributed by atoms with Crippen molar-refractivity contribution in [3.63, 3.8) is 0 Å². The molecule has 0 saturated carbocycles. The van der Waals surface area contributed by atoms with Gasteiger partial charge in [0, 0.05) is 24.5 Å². The first-order valence-electron chi connectivity index (χ1n) is 5.98. The summed E-state index contributed by atoms with van der Waals surface area (Å²) >= 11 is 0. The summed E-state index contributed by atoms with van der Waals surface area (Å²) in [6, 6.07) is 5.45. The van der Waals surface area contributed by atoms with E-state index in [2.05, 4.69) is 15.0 Å². The summed E-state index contributed by atoms with van der Waals surface area (Å²) in [5.74, 6) is 0.936. The molecular formula is C13H12N4O2. The molecule has 0 unspecified atom stereocenters. The van der Waals surface area contributed by atoms with Crippen LogP contribution in [-0.4, -0.2) is 19.5 Å². The van der Waals surface area contributed by atoms with Gasteiger partial charge in [0.1, 0.15) is 5.82 Å². The maximum atomic E-state index is 11.3. The highest BCUT2D eigenvalue weighted by Gasteiger charge is 2.05. The summed E-state index contributed by atoms with van der Waals surface area (Å²) in [7, 11) is 0. The van der Waals surface area contributed by atoms with Gasteiger partial charge in [0.25, 0.3) is 0 Å². The first-order valence-corrected chi connectivity index (χ1v) is 5.98. The third kappa shape index (κ3) is 1.87. The van der Waals surface area contributed by atoms with Crippen molar-refractivity contribution in [2.24, 2.45) is 0 Å². The molecule has 19 heavy (non-hydrogen) atoms. The van der Waals surface area contributed by atoms with Crippen LogP contribution in [0, 0.1) is 0 Å². The van der Waals surface area contributed by atoms with E-state index in [1.54, 1.807) is 12.3 Å². The molecule has 96 valence electrons. The molecule has 3 rings (SSSR count). The van der Waals surface area contributed by atoms with Crippen LogP contribution in [-0.2, 0) is 6.42 Å². The van der Waals surface area contributed by atoms with Crippen molar-refractivity contribution in [3.8, 4) is 5.69 Å². The quantitative estimate of drug-likeness (QED) is 0.670. The number of rotatable bonds is 2. The number of hydrogen-bond donors (Lipinski definition) is 2. The van der Waals surface area contributed by atoms with Crippen LogP contribution >= 0.6 is 0 Å². The summed E-state index contributed by atoms with van der Waals surface area (Å²) in [6.45, 7) is 2.03. The number of nitrogens with one attached hydrogen (secondary N) is 2. The summed E-state index contributed by atoms with van der Waals surface area (Å²) in [5, 5.41) is 0. The molecule has 0 bridgehead atoms. The van der Waals surface area contributed by atoms with Crippen molar-refractivity contribution < 1.29 is 0 Å². The number of aromatic amines is 2. The number of aryl methyl sites for hydroxylation is 1. The second-order valence-corrected chi connectivity index (χ2v) is 4.21. The second kappa shape index (κ2) is 4.24. The van der Waals surface area contributed by atoms with Crippen molar-refractivity contribution in [1.29, 1.82) is 0 Å². The molecular weight excluding hydrogens is 244 g/mol. The van der Waals surface area contributed by atoms with Gasteiger partial charge in [-0.2, -0.15) is 0 Å². The third-order valence-corrected chi connectivity index (χ3v) is 3.02. The van der Waals surface area contributed by atoms with Gasteiger partial charge < -0.3 is 14.5 Å². The van der Waals surface area contributed by atoms with E-state index in [-0.39, 0.29) is 0 Å². The topological polar surface area (TPSA) is 83.5 Å². The molecule has 0 radical (unpaired) electrons. The number of nitrogens with zero attached hydrogens (tertiary/aromatic N) is 2. The molecule has 0 aliphatic carbocycles. The van der Waals surface area contributed by atoms with E-state index in [1.165, 1.54) is 0 Å². The smallest absolute Gasteiger partial charge is 0.314 e.